The van der Waals surface area contributed by atoms with Gasteiger partial charge < -0.3 is 0 Å². The van der Waals surface area contributed by atoms with E-state index >= 15 is 0 Å². The van der Waals surface area contributed by atoms with Gasteiger partial charge in [-0.3, -0.25) is 14.3 Å². The Morgan fingerprint density at radius 3 is 2.37 bits per heavy atom. The molecule has 30 heavy (non-hydrogen) atoms. The number of fused-ring (bicyclic) bond motifs is 1. The Bertz CT molecular complexity index is 1090. The van der Waals surface area contributed by atoms with Crippen molar-refractivity contribution in [1.82, 2.24) is 18.8 Å². The smallest absolute Gasteiger partial charge is 0.261 e. The summed E-state index contributed by atoms with van der Waals surface area (Å²) >= 11 is 6.94. The lowest BCUT2D eigenvalue weighted by molar-refractivity contribution is 0.144. The van der Waals surface area contributed by atoms with Crippen molar-refractivity contribution in [1.29, 1.82) is 0 Å². The predicted octanol–water partition coefficient (Wildman–Crippen LogP) is 4.80. The number of hydrogen-bond acceptors (Lipinski definition) is 6. The second-order valence-electron chi connectivity index (χ2n) is 7.40. The molecule has 0 N–H and O–H groups in total. The van der Waals surface area contributed by atoms with E-state index in [-0.39, 0.29) is 11.6 Å². The molecule has 158 valence electrons. The maximum absolute atomic E-state index is 13.0. The van der Waals surface area contributed by atoms with Gasteiger partial charge in [-0.1, -0.05) is 15.9 Å². The van der Waals surface area contributed by atoms with Gasteiger partial charge in [-0.05, 0) is 67.6 Å². The topological polar surface area (TPSA) is 41.4 Å². The second kappa shape index (κ2) is 9.44. The van der Waals surface area contributed by atoms with Crippen molar-refractivity contribution >= 4 is 50.5 Å². The molecule has 2 heterocycles. The first-order chi connectivity index (χ1) is 14.5. The molecule has 1 aliphatic rings. The molecule has 8 heteroatoms. The average molecular weight is 506 g/mol. The molecule has 1 aliphatic heterocycles. The van der Waals surface area contributed by atoms with Crippen molar-refractivity contribution < 1.29 is 0 Å². The van der Waals surface area contributed by atoms with Crippen molar-refractivity contribution in [3.05, 3.63) is 63.1 Å². The summed E-state index contributed by atoms with van der Waals surface area (Å²) in [6.07, 6.45) is 2.02. The number of halogens is 1. The fourth-order valence-electron chi connectivity index (χ4n) is 3.76. The van der Waals surface area contributed by atoms with E-state index in [2.05, 4.69) is 56.3 Å². The maximum Gasteiger partial charge on any atom is 0.261 e. The number of piperazine rings is 1. The second-order valence-corrected chi connectivity index (χ2v) is 10.4. The summed E-state index contributed by atoms with van der Waals surface area (Å²) in [6, 6.07) is 14.5. The predicted molar refractivity (Wildman–Crippen MR) is 130 cm³/mol. The van der Waals surface area contributed by atoms with E-state index in [9.17, 15) is 4.79 Å². The van der Waals surface area contributed by atoms with Gasteiger partial charge in [0.15, 0.2) is 0 Å². The first-order valence-electron chi connectivity index (χ1n) is 9.93. The Hall–Kier alpha value is -1.32. The van der Waals surface area contributed by atoms with Gasteiger partial charge in [-0.2, -0.15) is 0 Å². The molecule has 1 saturated heterocycles. The van der Waals surface area contributed by atoms with E-state index in [0.29, 0.717) is 5.39 Å². The van der Waals surface area contributed by atoms with Gasteiger partial charge in [0, 0.05) is 47.5 Å². The van der Waals surface area contributed by atoms with Crippen LogP contribution in [-0.4, -0.2) is 51.2 Å². The van der Waals surface area contributed by atoms with Crippen LogP contribution in [0, 0.1) is 0 Å². The Kier molecular flexibility index (Phi) is 6.89. The van der Waals surface area contributed by atoms with Crippen molar-refractivity contribution in [2.45, 2.75) is 22.8 Å². The van der Waals surface area contributed by atoms with Crippen LogP contribution in [-0.2, 0) is 7.05 Å². The van der Waals surface area contributed by atoms with Crippen LogP contribution in [0.3, 0.4) is 0 Å². The lowest BCUT2D eigenvalue weighted by Gasteiger charge is -2.37. The highest BCUT2D eigenvalue weighted by atomic mass is 79.9. The molecular weight excluding hydrogens is 480 g/mol. The van der Waals surface area contributed by atoms with Crippen molar-refractivity contribution in [2.24, 2.45) is 7.05 Å². The molecule has 0 saturated carbocycles. The SMILES string of the molecule is CSc1ccc2nc(C(C)N3CCN(Sc4ccc(Br)cc4)CC3)n(C)c(=O)c2c1. The van der Waals surface area contributed by atoms with Crippen molar-refractivity contribution in [3.63, 3.8) is 0 Å². The van der Waals surface area contributed by atoms with E-state index < -0.39 is 0 Å². The molecule has 1 unspecified atom stereocenters. The van der Waals surface area contributed by atoms with E-state index in [0.717, 1.165) is 46.9 Å². The molecule has 0 bridgehead atoms. The minimum Gasteiger partial charge on any atom is -0.298 e. The lowest BCUT2D eigenvalue weighted by Crippen LogP contribution is -2.45. The third-order valence-corrected chi connectivity index (χ3v) is 7.92. The summed E-state index contributed by atoms with van der Waals surface area (Å²) in [7, 11) is 1.84. The van der Waals surface area contributed by atoms with E-state index in [1.807, 2.05) is 31.5 Å². The molecule has 1 atom stereocenters. The highest BCUT2D eigenvalue weighted by molar-refractivity contribution is 9.10. The fourth-order valence-corrected chi connectivity index (χ4v) is 5.36. The Morgan fingerprint density at radius 1 is 1.03 bits per heavy atom. The number of thioether (sulfide) groups is 1. The molecule has 1 aromatic heterocycles. The van der Waals surface area contributed by atoms with Gasteiger partial charge in [0.1, 0.15) is 5.82 Å². The Labute approximate surface area is 194 Å². The van der Waals surface area contributed by atoms with Crippen molar-refractivity contribution in [3.8, 4) is 0 Å². The number of hydrogen-bond donors (Lipinski definition) is 0. The standard InChI is InChI=1S/C22H25BrN4OS2/c1-15(21-24-20-9-8-18(29-3)14-19(20)22(28)25(21)2)26-10-12-27(13-11-26)30-17-6-4-16(23)5-7-17/h4-9,14-15H,10-13H2,1-3H3. The number of benzene rings is 2. The zero-order valence-electron chi connectivity index (χ0n) is 17.3. The van der Waals surface area contributed by atoms with Gasteiger partial charge in [-0.25, -0.2) is 9.29 Å². The molecule has 0 spiro atoms. The maximum atomic E-state index is 13.0. The van der Waals surface area contributed by atoms with E-state index in [4.69, 9.17) is 4.98 Å². The first kappa shape index (κ1) is 21.9. The fraction of sp³-hybridized carbons (Fsp3) is 0.364. The Morgan fingerprint density at radius 2 is 1.70 bits per heavy atom. The molecule has 1 fully saturated rings. The molecule has 0 amide bonds. The highest BCUT2D eigenvalue weighted by Gasteiger charge is 2.25. The minimum atomic E-state index is 0.0298. The monoisotopic (exact) mass is 504 g/mol. The number of aromatic nitrogens is 2. The van der Waals surface area contributed by atoms with Crippen LogP contribution in [0.4, 0.5) is 0 Å². The van der Waals surface area contributed by atoms with Crippen LogP contribution in [0.25, 0.3) is 10.9 Å². The van der Waals surface area contributed by atoms with Gasteiger partial charge in [-0.15, -0.1) is 11.8 Å². The van der Waals surface area contributed by atoms with Crippen LogP contribution >= 0.6 is 39.6 Å². The number of nitrogens with zero attached hydrogens (tertiary/aromatic N) is 4. The molecule has 0 radical (unpaired) electrons. The quantitative estimate of drug-likeness (QED) is 0.367. The zero-order valence-corrected chi connectivity index (χ0v) is 20.6. The third-order valence-electron chi connectivity index (χ3n) is 5.56. The van der Waals surface area contributed by atoms with Crippen LogP contribution in [0.1, 0.15) is 18.8 Å². The summed E-state index contributed by atoms with van der Waals surface area (Å²) in [5.74, 6) is 0.832. The van der Waals surface area contributed by atoms with Crippen LogP contribution in [0.5, 0.6) is 0 Å². The van der Waals surface area contributed by atoms with Crippen LogP contribution in [0.15, 0.2) is 61.5 Å². The molecule has 2 aromatic carbocycles. The van der Waals surface area contributed by atoms with Crippen LogP contribution < -0.4 is 5.56 Å². The van der Waals surface area contributed by atoms with Gasteiger partial charge in [0.2, 0.25) is 0 Å². The van der Waals surface area contributed by atoms with Gasteiger partial charge >= 0.3 is 0 Å². The normalized spacial score (nSPS) is 16.8. The lowest BCUT2D eigenvalue weighted by atomic mass is 10.2. The van der Waals surface area contributed by atoms with Crippen molar-refractivity contribution in [2.75, 3.05) is 32.4 Å². The average Bonchev–Trinajstić information content (AvgIpc) is 2.77. The summed E-state index contributed by atoms with van der Waals surface area (Å²) in [4.78, 5) is 22.6. The summed E-state index contributed by atoms with van der Waals surface area (Å²) < 4.78 is 5.23. The van der Waals surface area contributed by atoms with Gasteiger partial charge in [0.05, 0.1) is 16.9 Å². The van der Waals surface area contributed by atoms with E-state index in [1.54, 1.807) is 28.3 Å². The first-order valence-corrected chi connectivity index (χ1v) is 12.7. The molecule has 5 nitrogen and oxygen atoms in total. The van der Waals surface area contributed by atoms with E-state index in [1.165, 1.54) is 4.90 Å². The molecule has 4 rings (SSSR count). The largest absolute Gasteiger partial charge is 0.298 e. The summed E-state index contributed by atoms with van der Waals surface area (Å²) in [5, 5.41) is 0.691. The summed E-state index contributed by atoms with van der Waals surface area (Å²) in [6.45, 7) is 6.00. The summed E-state index contributed by atoms with van der Waals surface area (Å²) in [5.41, 5.74) is 0.810. The van der Waals surface area contributed by atoms with Gasteiger partial charge in [0.25, 0.3) is 5.56 Å². The molecule has 3 aromatic rings. The third kappa shape index (κ3) is 4.62. The molecule has 0 aliphatic carbocycles. The number of rotatable bonds is 5. The minimum absolute atomic E-state index is 0.0298. The Balaban J connectivity index is 1.48. The zero-order chi connectivity index (χ0) is 21.3. The highest BCUT2D eigenvalue weighted by Crippen LogP contribution is 2.28. The molecular formula is C22H25BrN4OS2. The van der Waals surface area contributed by atoms with Crippen LogP contribution in [0.2, 0.25) is 0 Å².